The van der Waals surface area contributed by atoms with Gasteiger partial charge in [0.05, 0.1) is 11.6 Å². The molecule has 1 aliphatic heterocycles. The zero-order valence-corrected chi connectivity index (χ0v) is 16.2. The molecule has 0 bridgehead atoms. The average molecular weight is 420 g/mol. The molecule has 0 saturated heterocycles. The molecule has 3 rings (SSSR count). The molecule has 1 aromatic carbocycles. The average Bonchev–Trinajstić information content (AvgIpc) is 2.93. The van der Waals surface area contributed by atoms with E-state index < -0.39 is 29.8 Å². The van der Waals surface area contributed by atoms with Crippen LogP contribution in [0.3, 0.4) is 0 Å². The van der Waals surface area contributed by atoms with Crippen molar-refractivity contribution in [2.45, 2.75) is 32.7 Å². The molecule has 1 amide bonds. The van der Waals surface area contributed by atoms with Gasteiger partial charge in [-0.3, -0.25) is 19.5 Å². The minimum Gasteiger partial charge on any atom is -0.503 e. The third-order valence-electron chi connectivity index (χ3n) is 4.45. The predicted octanol–water partition coefficient (Wildman–Crippen LogP) is 4.50. The number of aliphatic hydroxyl groups excluding tert-OH is 1. The number of hydrogen-bond donors (Lipinski definition) is 1. The number of rotatable bonds is 6. The first kappa shape index (κ1) is 21.4. The van der Waals surface area contributed by atoms with Gasteiger partial charge in [0.15, 0.2) is 11.5 Å². The molecule has 1 unspecified atom stereocenters. The first-order valence-electron chi connectivity index (χ1n) is 9.14. The summed E-state index contributed by atoms with van der Waals surface area (Å²) in [5.41, 5.74) is 0.622. The zero-order valence-electron chi connectivity index (χ0n) is 16.2. The fraction of sp³-hybridized carbons (Fsp3) is 0.286. The van der Waals surface area contributed by atoms with Crippen LogP contribution in [-0.2, 0) is 9.59 Å². The fourth-order valence-corrected chi connectivity index (χ4v) is 3.30. The van der Waals surface area contributed by atoms with Gasteiger partial charge in [-0.1, -0.05) is 19.9 Å². The Hall–Kier alpha value is -3.36. The van der Waals surface area contributed by atoms with Crippen LogP contribution in [0.1, 0.15) is 31.9 Å². The van der Waals surface area contributed by atoms with Crippen LogP contribution in [0.2, 0.25) is 0 Å². The smallest absolute Gasteiger partial charge is 0.503 e. The number of hydrogen-bond acceptors (Lipinski definition) is 5. The second-order valence-corrected chi connectivity index (χ2v) is 7.19. The minimum absolute atomic E-state index is 0.00435. The lowest BCUT2D eigenvalue weighted by Crippen LogP contribution is -2.31. The number of anilines is 1. The number of aliphatic hydroxyl groups is 1. The molecule has 6 nitrogen and oxygen atoms in total. The predicted molar refractivity (Wildman–Crippen MR) is 102 cm³/mol. The van der Waals surface area contributed by atoms with Gasteiger partial charge < -0.3 is 9.84 Å². The van der Waals surface area contributed by atoms with Gasteiger partial charge in [-0.2, -0.15) is 0 Å². The Morgan fingerprint density at radius 3 is 2.43 bits per heavy atom. The van der Waals surface area contributed by atoms with E-state index in [2.05, 4.69) is 9.72 Å². The van der Waals surface area contributed by atoms with Gasteiger partial charge in [0.25, 0.3) is 5.91 Å². The van der Waals surface area contributed by atoms with Crippen molar-refractivity contribution in [1.29, 1.82) is 0 Å². The number of carbonyl (C=O) groups is 2. The summed E-state index contributed by atoms with van der Waals surface area (Å²) in [5.74, 6) is -2.34. The normalized spacial score (nSPS) is 17.1. The zero-order chi connectivity index (χ0) is 22.1. The fourth-order valence-electron chi connectivity index (χ4n) is 3.30. The molecular weight excluding hydrogens is 401 g/mol. The van der Waals surface area contributed by atoms with E-state index in [0.717, 1.165) is 17.0 Å². The SMILES string of the molecule is CC(C)CC(=O)C1=C(O)C(=O)N(c2ccc(OC(F)(F)F)cc2)C1c1cccnc1. The molecule has 0 radical (unpaired) electrons. The quantitative estimate of drug-likeness (QED) is 0.745. The first-order chi connectivity index (χ1) is 14.1. The lowest BCUT2D eigenvalue weighted by atomic mass is 9.93. The van der Waals surface area contributed by atoms with Crippen molar-refractivity contribution in [1.82, 2.24) is 4.98 Å². The van der Waals surface area contributed by atoms with Gasteiger partial charge in [0.1, 0.15) is 5.75 Å². The van der Waals surface area contributed by atoms with E-state index in [0.29, 0.717) is 5.56 Å². The molecule has 1 aliphatic rings. The van der Waals surface area contributed by atoms with Crippen LogP contribution in [0.5, 0.6) is 5.75 Å². The number of amides is 1. The highest BCUT2D eigenvalue weighted by molar-refractivity contribution is 6.16. The summed E-state index contributed by atoms with van der Waals surface area (Å²) in [7, 11) is 0. The lowest BCUT2D eigenvalue weighted by Gasteiger charge is -2.27. The molecule has 1 N–H and O–H groups in total. The summed E-state index contributed by atoms with van der Waals surface area (Å²) < 4.78 is 41.1. The number of carbonyl (C=O) groups excluding carboxylic acids is 2. The van der Waals surface area contributed by atoms with Crippen LogP contribution >= 0.6 is 0 Å². The van der Waals surface area contributed by atoms with Crippen molar-refractivity contribution < 1.29 is 32.6 Å². The lowest BCUT2D eigenvalue weighted by molar-refractivity contribution is -0.274. The standard InChI is InChI=1S/C21H19F3N2O4/c1-12(2)10-16(27)17-18(13-4-3-9-25-11-13)26(20(29)19(17)28)14-5-7-15(8-6-14)30-21(22,23)24/h3-9,11-12,18,28H,10H2,1-2H3. The van der Waals surface area contributed by atoms with Gasteiger partial charge in [0.2, 0.25) is 0 Å². The molecule has 158 valence electrons. The number of alkyl halides is 3. The van der Waals surface area contributed by atoms with Crippen LogP contribution in [0, 0.1) is 5.92 Å². The molecule has 0 spiro atoms. The number of Topliss-reactive ketones (excluding diaryl/α,β-unsaturated/α-hetero) is 1. The van der Waals surface area contributed by atoms with Gasteiger partial charge in [-0.05, 0) is 41.8 Å². The Balaban J connectivity index is 2.03. The van der Waals surface area contributed by atoms with Crippen LogP contribution in [0.15, 0.2) is 60.1 Å². The molecule has 1 atom stereocenters. The number of halogens is 3. The molecule has 30 heavy (non-hydrogen) atoms. The highest BCUT2D eigenvalue weighted by Gasteiger charge is 2.44. The summed E-state index contributed by atoms with van der Waals surface area (Å²) >= 11 is 0. The van der Waals surface area contributed by atoms with Crippen LogP contribution in [0.25, 0.3) is 0 Å². The second-order valence-electron chi connectivity index (χ2n) is 7.19. The topological polar surface area (TPSA) is 79.7 Å². The van der Waals surface area contributed by atoms with E-state index in [1.165, 1.54) is 24.5 Å². The molecule has 2 aromatic rings. The van der Waals surface area contributed by atoms with Gasteiger partial charge >= 0.3 is 6.36 Å². The Bertz CT molecular complexity index is 970. The maximum Gasteiger partial charge on any atom is 0.573 e. The van der Waals surface area contributed by atoms with E-state index >= 15 is 0 Å². The van der Waals surface area contributed by atoms with Crippen LogP contribution in [-0.4, -0.2) is 28.1 Å². The van der Waals surface area contributed by atoms with Crippen LogP contribution < -0.4 is 9.64 Å². The third-order valence-corrected chi connectivity index (χ3v) is 4.45. The summed E-state index contributed by atoms with van der Waals surface area (Å²) in [6.07, 6.45) is -1.74. The molecule has 0 saturated carbocycles. The number of benzene rings is 1. The van der Waals surface area contributed by atoms with E-state index in [-0.39, 0.29) is 29.4 Å². The van der Waals surface area contributed by atoms with Crippen molar-refractivity contribution in [3.05, 3.63) is 65.7 Å². The van der Waals surface area contributed by atoms with Crippen LogP contribution in [0.4, 0.5) is 18.9 Å². The van der Waals surface area contributed by atoms with Crippen molar-refractivity contribution in [2.75, 3.05) is 4.90 Å². The molecule has 0 aliphatic carbocycles. The van der Waals surface area contributed by atoms with Crippen molar-refractivity contribution in [3.8, 4) is 5.75 Å². The van der Waals surface area contributed by atoms with Crippen molar-refractivity contribution in [3.63, 3.8) is 0 Å². The number of ether oxygens (including phenoxy) is 1. The molecule has 0 fully saturated rings. The number of nitrogens with zero attached hydrogens (tertiary/aromatic N) is 2. The number of ketones is 1. The maximum atomic E-state index is 12.8. The van der Waals surface area contributed by atoms with E-state index in [4.69, 9.17) is 0 Å². The minimum atomic E-state index is -4.85. The molecule has 2 heterocycles. The van der Waals surface area contributed by atoms with Gasteiger partial charge in [-0.15, -0.1) is 13.2 Å². The van der Waals surface area contributed by atoms with E-state index in [1.54, 1.807) is 12.1 Å². The molecule has 1 aromatic heterocycles. The van der Waals surface area contributed by atoms with E-state index in [1.807, 2.05) is 13.8 Å². The van der Waals surface area contributed by atoms with Crippen molar-refractivity contribution in [2.24, 2.45) is 5.92 Å². The summed E-state index contributed by atoms with van der Waals surface area (Å²) in [6.45, 7) is 3.67. The molecular formula is C21H19F3N2O4. The monoisotopic (exact) mass is 420 g/mol. The van der Waals surface area contributed by atoms with Gasteiger partial charge in [-0.25, -0.2) is 0 Å². The number of pyridine rings is 1. The highest BCUT2D eigenvalue weighted by Crippen LogP contribution is 2.41. The maximum absolute atomic E-state index is 12.8. The second kappa shape index (κ2) is 8.17. The third kappa shape index (κ3) is 4.45. The largest absolute Gasteiger partial charge is 0.573 e. The highest BCUT2D eigenvalue weighted by atomic mass is 19.4. The Kier molecular flexibility index (Phi) is 5.82. The number of aromatic nitrogens is 1. The van der Waals surface area contributed by atoms with Gasteiger partial charge in [0, 0.05) is 24.5 Å². The summed E-state index contributed by atoms with van der Waals surface area (Å²) in [5, 5.41) is 10.5. The molecule has 9 heteroatoms. The Labute approximate surface area is 170 Å². The summed E-state index contributed by atoms with van der Waals surface area (Å²) in [6, 6.07) is 6.95. The summed E-state index contributed by atoms with van der Waals surface area (Å²) in [4.78, 5) is 30.8. The van der Waals surface area contributed by atoms with E-state index in [9.17, 15) is 27.9 Å². The Morgan fingerprint density at radius 2 is 1.90 bits per heavy atom. The Morgan fingerprint density at radius 1 is 1.23 bits per heavy atom. The first-order valence-corrected chi connectivity index (χ1v) is 9.14. The van der Waals surface area contributed by atoms with Crippen molar-refractivity contribution >= 4 is 17.4 Å².